The van der Waals surface area contributed by atoms with Crippen molar-refractivity contribution >= 4 is 12.2 Å². The summed E-state index contributed by atoms with van der Waals surface area (Å²) in [5, 5.41) is 39.4. The lowest BCUT2D eigenvalue weighted by atomic mass is 9.99. The second-order valence-corrected chi connectivity index (χ2v) is 6.58. The molecule has 0 aromatic rings. The lowest BCUT2D eigenvalue weighted by Crippen LogP contribution is -2.18. The maximum atomic E-state index is 9.92. The van der Waals surface area contributed by atoms with E-state index >= 15 is 0 Å². The van der Waals surface area contributed by atoms with Gasteiger partial charge in [-0.1, -0.05) is 0 Å². The lowest BCUT2D eigenvalue weighted by molar-refractivity contribution is 0.0733. The van der Waals surface area contributed by atoms with Gasteiger partial charge in [-0.2, -0.15) is 0 Å². The fourth-order valence-electron chi connectivity index (χ4n) is 2.63. The van der Waals surface area contributed by atoms with Crippen LogP contribution < -0.4 is 0 Å². The molecular weight excluding hydrogens is 340 g/mol. The second-order valence-electron chi connectivity index (χ2n) is 6.58. The molecule has 4 N–H and O–H groups in total. The van der Waals surface area contributed by atoms with E-state index in [0.29, 0.717) is 77.3 Å². The van der Waals surface area contributed by atoms with Crippen molar-refractivity contribution in [2.45, 2.75) is 88.6 Å². The van der Waals surface area contributed by atoms with Crippen LogP contribution in [-0.2, 0) is 9.59 Å². The van der Waals surface area contributed by atoms with E-state index in [2.05, 4.69) is 9.98 Å². The topological polar surface area (TPSA) is 140 Å². The highest BCUT2D eigenvalue weighted by atomic mass is 16.3. The normalized spacial score (nSPS) is 15.4. The Labute approximate surface area is 154 Å². The van der Waals surface area contributed by atoms with Crippen molar-refractivity contribution in [3.63, 3.8) is 0 Å². The highest BCUT2D eigenvalue weighted by molar-refractivity contribution is 5.32. The summed E-state index contributed by atoms with van der Waals surface area (Å²) in [7, 11) is 0. The predicted octanol–water partition coefficient (Wildman–Crippen LogP) is 1.00. The van der Waals surface area contributed by atoms with Crippen molar-refractivity contribution in [1.82, 2.24) is 0 Å². The van der Waals surface area contributed by atoms with Crippen LogP contribution in [0.15, 0.2) is 9.98 Å². The fourth-order valence-corrected chi connectivity index (χ4v) is 2.63. The van der Waals surface area contributed by atoms with E-state index < -0.39 is 24.4 Å². The number of aliphatic imine (C=N–C) groups is 2. The number of hydrogen-bond donors (Lipinski definition) is 4. The molecule has 0 aliphatic heterocycles. The Hall–Kier alpha value is -1.40. The Kier molecular flexibility index (Phi) is 16.1. The van der Waals surface area contributed by atoms with Crippen molar-refractivity contribution in [2.24, 2.45) is 9.98 Å². The SMILES string of the molecule is O=C=NCCCC(O)CCC(O)CCC(O)CCC(O)CCCN=C=O. The van der Waals surface area contributed by atoms with Crippen LogP contribution in [0.3, 0.4) is 0 Å². The van der Waals surface area contributed by atoms with E-state index in [1.165, 1.54) is 12.2 Å². The second kappa shape index (κ2) is 17.0. The van der Waals surface area contributed by atoms with Gasteiger partial charge >= 0.3 is 0 Å². The molecule has 0 fully saturated rings. The molecule has 8 nitrogen and oxygen atoms in total. The summed E-state index contributed by atoms with van der Waals surface area (Å²) in [6.07, 6.45) is 5.62. The molecule has 0 saturated carbocycles. The van der Waals surface area contributed by atoms with Gasteiger partial charge < -0.3 is 20.4 Å². The highest BCUT2D eigenvalue weighted by Gasteiger charge is 2.13. The van der Waals surface area contributed by atoms with Crippen LogP contribution in [0.1, 0.15) is 64.2 Å². The lowest BCUT2D eigenvalue weighted by Gasteiger charge is -2.17. The van der Waals surface area contributed by atoms with Crippen LogP contribution in [0.2, 0.25) is 0 Å². The van der Waals surface area contributed by atoms with E-state index in [1.54, 1.807) is 0 Å². The van der Waals surface area contributed by atoms with Crippen molar-refractivity contribution in [3.05, 3.63) is 0 Å². The maximum absolute atomic E-state index is 9.92. The molecule has 0 bridgehead atoms. The molecule has 0 radical (unpaired) electrons. The minimum absolute atomic E-state index is 0.353. The molecule has 0 aliphatic carbocycles. The minimum Gasteiger partial charge on any atom is -0.393 e. The van der Waals surface area contributed by atoms with Gasteiger partial charge in [-0.15, -0.1) is 0 Å². The molecule has 0 rings (SSSR count). The number of rotatable bonds is 17. The molecule has 8 heteroatoms. The molecule has 0 aliphatic rings. The van der Waals surface area contributed by atoms with Gasteiger partial charge in [0.25, 0.3) is 0 Å². The van der Waals surface area contributed by atoms with Crippen LogP contribution in [0.4, 0.5) is 0 Å². The van der Waals surface area contributed by atoms with Crippen molar-refractivity contribution in [1.29, 1.82) is 0 Å². The third kappa shape index (κ3) is 16.1. The quantitative estimate of drug-likeness (QED) is 0.171. The summed E-state index contributed by atoms with van der Waals surface area (Å²) >= 11 is 0. The van der Waals surface area contributed by atoms with Gasteiger partial charge in [0.15, 0.2) is 0 Å². The first-order chi connectivity index (χ1) is 12.5. The van der Waals surface area contributed by atoms with Gasteiger partial charge in [0.2, 0.25) is 12.2 Å². The van der Waals surface area contributed by atoms with E-state index in [0.717, 1.165) is 0 Å². The zero-order valence-electron chi connectivity index (χ0n) is 15.3. The number of isocyanates is 2. The Morgan fingerprint density at radius 3 is 1.08 bits per heavy atom. The van der Waals surface area contributed by atoms with Crippen LogP contribution in [-0.4, -0.2) is 70.1 Å². The van der Waals surface area contributed by atoms with Gasteiger partial charge in [-0.25, -0.2) is 19.6 Å². The smallest absolute Gasteiger partial charge is 0.234 e. The summed E-state index contributed by atoms with van der Waals surface area (Å²) in [5.74, 6) is 0. The van der Waals surface area contributed by atoms with Crippen LogP contribution in [0.5, 0.6) is 0 Å². The van der Waals surface area contributed by atoms with Crippen molar-refractivity contribution in [2.75, 3.05) is 13.1 Å². The van der Waals surface area contributed by atoms with Gasteiger partial charge in [0.05, 0.1) is 37.5 Å². The Morgan fingerprint density at radius 1 is 0.538 bits per heavy atom. The third-order valence-electron chi connectivity index (χ3n) is 4.24. The molecule has 0 heterocycles. The number of nitrogens with zero attached hydrogens (tertiary/aromatic N) is 2. The molecule has 0 saturated heterocycles. The van der Waals surface area contributed by atoms with Crippen molar-refractivity contribution < 1.29 is 30.0 Å². The average molecular weight is 372 g/mol. The molecule has 4 atom stereocenters. The summed E-state index contributed by atoms with van der Waals surface area (Å²) in [6.45, 7) is 0.705. The molecule has 0 amide bonds. The first-order valence-corrected chi connectivity index (χ1v) is 9.29. The number of hydrogen-bond acceptors (Lipinski definition) is 8. The highest BCUT2D eigenvalue weighted by Crippen LogP contribution is 2.15. The first kappa shape index (κ1) is 24.6. The fraction of sp³-hybridized carbons (Fsp3) is 0.889. The molecule has 0 spiro atoms. The van der Waals surface area contributed by atoms with Gasteiger partial charge in [-0.05, 0) is 64.2 Å². The Bertz CT molecular complexity index is 395. The van der Waals surface area contributed by atoms with Gasteiger partial charge in [0, 0.05) is 0 Å². The molecule has 4 unspecified atom stereocenters. The standard InChI is InChI=1S/C18H32N2O6/c21-13-19-11-1-3-15(23)5-7-17(25)9-10-18(26)8-6-16(24)4-2-12-20-14-22/h15-18,23-26H,1-12H2. The largest absolute Gasteiger partial charge is 0.393 e. The predicted molar refractivity (Wildman–Crippen MR) is 96.2 cm³/mol. The van der Waals surface area contributed by atoms with E-state index in [-0.39, 0.29) is 0 Å². The number of aliphatic hydroxyl groups excluding tert-OH is 4. The zero-order valence-corrected chi connectivity index (χ0v) is 15.3. The molecule has 26 heavy (non-hydrogen) atoms. The molecule has 0 aromatic carbocycles. The van der Waals surface area contributed by atoms with Gasteiger partial charge in [0.1, 0.15) is 0 Å². The molecule has 0 aromatic heterocycles. The summed E-state index contributed by atoms with van der Waals surface area (Å²) in [5.41, 5.74) is 0. The van der Waals surface area contributed by atoms with E-state index in [9.17, 15) is 30.0 Å². The van der Waals surface area contributed by atoms with Crippen LogP contribution >= 0.6 is 0 Å². The van der Waals surface area contributed by atoms with E-state index in [4.69, 9.17) is 0 Å². The molecular formula is C18H32N2O6. The Balaban J connectivity index is 3.69. The van der Waals surface area contributed by atoms with Crippen molar-refractivity contribution in [3.8, 4) is 0 Å². The van der Waals surface area contributed by atoms with Crippen LogP contribution in [0.25, 0.3) is 0 Å². The van der Waals surface area contributed by atoms with E-state index in [1.807, 2.05) is 0 Å². The third-order valence-corrected chi connectivity index (χ3v) is 4.24. The summed E-state index contributed by atoms with van der Waals surface area (Å²) in [4.78, 5) is 26.6. The van der Waals surface area contributed by atoms with Crippen LogP contribution in [0, 0.1) is 0 Å². The number of aliphatic hydroxyl groups is 4. The minimum atomic E-state index is -0.585. The zero-order chi connectivity index (χ0) is 19.6. The first-order valence-electron chi connectivity index (χ1n) is 9.29. The average Bonchev–Trinajstić information content (AvgIpc) is 2.63. The summed E-state index contributed by atoms with van der Waals surface area (Å²) < 4.78 is 0. The molecule has 150 valence electrons. The Morgan fingerprint density at radius 2 is 0.808 bits per heavy atom. The number of carbonyl (C=O) groups excluding carboxylic acids is 2. The maximum Gasteiger partial charge on any atom is 0.234 e. The van der Waals surface area contributed by atoms with Gasteiger partial charge in [-0.3, -0.25) is 0 Å². The monoisotopic (exact) mass is 372 g/mol. The summed E-state index contributed by atoms with van der Waals surface area (Å²) in [6, 6.07) is 0.